The van der Waals surface area contributed by atoms with E-state index in [1.165, 1.54) is 11.5 Å². The van der Waals surface area contributed by atoms with Crippen LogP contribution in [0.2, 0.25) is 0 Å². The Labute approximate surface area is 105 Å². The second-order valence-electron chi connectivity index (χ2n) is 3.63. The Kier molecular flexibility index (Phi) is 4.64. The second kappa shape index (κ2) is 5.56. The van der Waals surface area contributed by atoms with Crippen LogP contribution in [0.4, 0.5) is 0 Å². The summed E-state index contributed by atoms with van der Waals surface area (Å²) in [5.41, 5.74) is 0.809. The van der Waals surface area contributed by atoms with Crippen LogP contribution in [0.25, 0.3) is 0 Å². The lowest BCUT2D eigenvalue weighted by Crippen LogP contribution is -2.57. The van der Waals surface area contributed by atoms with E-state index in [1.54, 1.807) is 4.90 Å². The molecule has 1 aromatic rings. The van der Waals surface area contributed by atoms with E-state index in [-0.39, 0.29) is 18.3 Å². The van der Waals surface area contributed by atoms with Crippen LogP contribution in [0, 0.1) is 0 Å². The summed E-state index contributed by atoms with van der Waals surface area (Å²) in [6.07, 6.45) is 0.758. The van der Waals surface area contributed by atoms with Crippen molar-refractivity contribution in [2.45, 2.75) is 19.4 Å². The molecule has 0 aromatic carbocycles. The molecule has 1 saturated heterocycles. The third-order valence-corrected chi connectivity index (χ3v) is 3.47. The summed E-state index contributed by atoms with van der Waals surface area (Å²) in [6.45, 7) is 3.75. The van der Waals surface area contributed by atoms with Gasteiger partial charge in [-0.2, -0.15) is 0 Å². The van der Waals surface area contributed by atoms with Crippen LogP contribution < -0.4 is 5.32 Å². The zero-order valence-electron chi connectivity index (χ0n) is 9.27. The van der Waals surface area contributed by atoms with Gasteiger partial charge < -0.3 is 10.2 Å². The van der Waals surface area contributed by atoms with E-state index < -0.39 is 0 Å². The number of carbonyl (C=O) groups excluding carboxylic acids is 1. The predicted molar refractivity (Wildman–Crippen MR) is 65.3 cm³/mol. The summed E-state index contributed by atoms with van der Waals surface area (Å²) in [5.74, 6) is 0.0494. The van der Waals surface area contributed by atoms with E-state index in [4.69, 9.17) is 0 Å². The van der Waals surface area contributed by atoms with Crippen molar-refractivity contribution >= 4 is 29.8 Å². The zero-order valence-corrected chi connectivity index (χ0v) is 10.9. The number of nitrogens with one attached hydrogen (secondary N) is 1. The second-order valence-corrected chi connectivity index (χ2v) is 4.38. The van der Waals surface area contributed by atoms with Gasteiger partial charge in [0.2, 0.25) is 0 Å². The number of hydrogen-bond acceptors (Lipinski definition) is 5. The molecule has 0 unspecified atom stereocenters. The van der Waals surface area contributed by atoms with Crippen LogP contribution in [-0.4, -0.2) is 46.6 Å². The summed E-state index contributed by atoms with van der Waals surface area (Å²) >= 11 is 1.19. The standard InChI is InChI=1S/C9H14N4OS.ClH/c1-3-7-8(15-12-11-7)9(14)13(2)6-4-10-5-6;/h6,10H,3-5H2,1-2H3;1H. The van der Waals surface area contributed by atoms with Gasteiger partial charge in [-0.1, -0.05) is 11.4 Å². The molecule has 2 rings (SSSR count). The number of hydrogen-bond donors (Lipinski definition) is 1. The van der Waals surface area contributed by atoms with Gasteiger partial charge in [0.1, 0.15) is 4.88 Å². The minimum Gasteiger partial charge on any atom is -0.335 e. The molecule has 1 aromatic heterocycles. The summed E-state index contributed by atoms with van der Waals surface area (Å²) in [7, 11) is 1.84. The number of carbonyl (C=O) groups is 1. The Bertz CT molecular complexity index is 366. The molecule has 0 aliphatic carbocycles. The summed E-state index contributed by atoms with van der Waals surface area (Å²) < 4.78 is 3.83. The first kappa shape index (κ1) is 13.3. The highest BCUT2D eigenvalue weighted by molar-refractivity contribution is 7.08. The molecule has 90 valence electrons. The Morgan fingerprint density at radius 1 is 1.62 bits per heavy atom. The highest BCUT2D eigenvalue weighted by atomic mass is 35.5. The maximum absolute atomic E-state index is 12.0. The molecule has 0 saturated carbocycles. The van der Waals surface area contributed by atoms with Crippen molar-refractivity contribution in [2.24, 2.45) is 0 Å². The van der Waals surface area contributed by atoms with Gasteiger partial charge in [0.25, 0.3) is 5.91 Å². The molecule has 5 nitrogen and oxygen atoms in total. The molecule has 1 amide bonds. The van der Waals surface area contributed by atoms with Crippen molar-refractivity contribution in [1.82, 2.24) is 19.8 Å². The van der Waals surface area contributed by atoms with Crippen molar-refractivity contribution in [3.63, 3.8) is 0 Å². The average Bonchev–Trinajstić information content (AvgIpc) is 2.61. The van der Waals surface area contributed by atoms with Gasteiger partial charge in [-0.25, -0.2) is 0 Å². The predicted octanol–water partition coefficient (Wildman–Crippen LogP) is 0.566. The van der Waals surface area contributed by atoms with Crippen LogP contribution in [0.1, 0.15) is 22.3 Å². The molecule has 0 radical (unpaired) electrons. The summed E-state index contributed by atoms with van der Waals surface area (Å²) in [5, 5.41) is 7.10. The normalized spacial score (nSPS) is 15.1. The lowest BCUT2D eigenvalue weighted by atomic mass is 10.1. The van der Waals surface area contributed by atoms with Crippen LogP contribution in [0.5, 0.6) is 0 Å². The molecule has 7 heteroatoms. The molecule has 2 heterocycles. The fraction of sp³-hybridized carbons (Fsp3) is 0.667. The van der Waals surface area contributed by atoms with E-state index in [2.05, 4.69) is 14.9 Å². The lowest BCUT2D eigenvalue weighted by molar-refractivity contribution is 0.0685. The summed E-state index contributed by atoms with van der Waals surface area (Å²) in [6, 6.07) is 0.323. The average molecular weight is 263 g/mol. The molecular weight excluding hydrogens is 248 g/mol. The first-order valence-corrected chi connectivity index (χ1v) is 5.80. The van der Waals surface area contributed by atoms with Crippen LogP contribution in [-0.2, 0) is 6.42 Å². The number of nitrogens with zero attached hydrogens (tertiary/aromatic N) is 3. The minimum atomic E-state index is 0. The van der Waals surface area contributed by atoms with Gasteiger partial charge in [-0.3, -0.25) is 4.79 Å². The molecule has 0 bridgehead atoms. The monoisotopic (exact) mass is 262 g/mol. The van der Waals surface area contributed by atoms with Crippen LogP contribution in [0.3, 0.4) is 0 Å². The molecular formula is C9H15ClN4OS. The maximum Gasteiger partial charge on any atom is 0.267 e. The van der Waals surface area contributed by atoms with Crippen molar-refractivity contribution in [3.05, 3.63) is 10.6 Å². The Hall–Kier alpha value is -0.720. The lowest BCUT2D eigenvalue weighted by Gasteiger charge is -2.35. The summed E-state index contributed by atoms with van der Waals surface area (Å²) in [4.78, 5) is 14.5. The van der Waals surface area contributed by atoms with Crippen molar-refractivity contribution in [3.8, 4) is 0 Å². The number of likely N-dealkylation sites (N-methyl/N-ethyl adjacent to an activating group) is 1. The van der Waals surface area contributed by atoms with Gasteiger partial charge in [0.15, 0.2) is 0 Å². The van der Waals surface area contributed by atoms with Crippen molar-refractivity contribution < 1.29 is 4.79 Å². The number of aromatic nitrogens is 2. The number of rotatable bonds is 3. The fourth-order valence-electron chi connectivity index (χ4n) is 1.48. The Balaban J connectivity index is 0.00000128. The SMILES string of the molecule is CCc1nnsc1C(=O)N(C)C1CNC1.Cl. The zero-order chi connectivity index (χ0) is 10.8. The molecule has 16 heavy (non-hydrogen) atoms. The molecule has 1 aliphatic heterocycles. The smallest absolute Gasteiger partial charge is 0.267 e. The van der Waals surface area contributed by atoms with Crippen molar-refractivity contribution in [1.29, 1.82) is 0 Å². The molecule has 0 spiro atoms. The molecule has 1 fully saturated rings. The molecule has 0 atom stereocenters. The van der Waals surface area contributed by atoms with E-state index in [1.807, 2.05) is 14.0 Å². The number of halogens is 1. The van der Waals surface area contributed by atoms with Gasteiger partial charge in [-0.05, 0) is 18.0 Å². The maximum atomic E-state index is 12.0. The Morgan fingerprint density at radius 3 is 2.81 bits per heavy atom. The fourth-order valence-corrected chi connectivity index (χ4v) is 2.21. The highest BCUT2D eigenvalue weighted by Gasteiger charge is 2.28. The third-order valence-electron chi connectivity index (χ3n) is 2.71. The first-order chi connectivity index (χ1) is 7.24. The van der Waals surface area contributed by atoms with E-state index in [9.17, 15) is 4.79 Å². The molecule has 1 aliphatic rings. The quantitative estimate of drug-likeness (QED) is 0.865. The van der Waals surface area contributed by atoms with E-state index >= 15 is 0 Å². The third kappa shape index (κ3) is 2.34. The topological polar surface area (TPSA) is 58.1 Å². The van der Waals surface area contributed by atoms with Crippen molar-refractivity contribution in [2.75, 3.05) is 20.1 Å². The first-order valence-electron chi connectivity index (χ1n) is 5.03. The van der Waals surface area contributed by atoms with Gasteiger partial charge in [0, 0.05) is 20.1 Å². The van der Waals surface area contributed by atoms with Gasteiger partial charge >= 0.3 is 0 Å². The van der Waals surface area contributed by atoms with E-state index in [0.717, 1.165) is 25.2 Å². The highest BCUT2D eigenvalue weighted by Crippen LogP contribution is 2.15. The number of amides is 1. The van der Waals surface area contributed by atoms with Gasteiger partial charge in [0.05, 0.1) is 11.7 Å². The largest absolute Gasteiger partial charge is 0.335 e. The molecule has 1 N–H and O–H groups in total. The van der Waals surface area contributed by atoms with Crippen LogP contribution >= 0.6 is 23.9 Å². The van der Waals surface area contributed by atoms with Gasteiger partial charge in [-0.15, -0.1) is 17.5 Å². The van der Waals surface area contributed by atoms with Crippen LogP contribution in [0.15, 0.2) is 0 Å². The number of aryl methyl sites for hydroxylation is 1. The minimum absolute atomic E-state index is 0. The Morgan fingerprint density at radius 2 is 2.31 bits per heavy atom. The van der Waals surface area contributed by atoms with E-state index in [0.29, 0.717) is 10.9 Å².